The highest BCUT2D eigenvalue weighted by Crippen LogP contribution is 2.77. The SMILES string of the molecule is CC.COC(=O)CC(C)C1=CC2OC23C2(C)CCC4=C(COC4=O)C2CC2OC23C1=O. The average molecular weight is 430 g/mol. The van der Waals surface area contributed by atoms with Crippen molar-refractivity contribution in [3.05, 3.63) is 22.8 Å². The number of ketones is 1. The number of ether oxygens (including phenoxy) is 4. The van der Waals surface area contributed by atoms with E-state index >= 15 is 0 Å². The van der Waals surface area contributed by atoms with Gasteiger partial charge in [0.05, 0.1) is 19.6 Å². The third-order valence-corrected chi connectivity index (χ3v) is 8.47. The van der Waals surface area contributed by atoms with Gasteiger partial charge in [-0.3, -0.25) is 9.59 Å². The summed E-state index contributed by atoms with van der Waals surface area (Å²) in [5, 5.41) is 0. The lowest BCUT2D eigenvalue weighted by molar-refractivity contribution is -0.141. The van der Waals surface area contributed by atoms with Gasteiger partial charge in [0.15, 0.2) is 11.4 Å². The highest BCUT2D eigenvalue weighted by Gasteiger charge is 2.92. The Morgan fingerprint density at radius 3 is 2.74 bits per heavy atom. The molecule has 0 aromatic heterocycles. The molecule has 0 amide bonds. The molecule has 2 spiro atoms. The van der Waals surface area contributed by atoms with Crippen molar-refractivity contribution in [1.82, 2.24) is 0 Å². The Balaban J connectivity index is 0.000000994. The van der Waals surface area contributed by atoms with E-state index in [9.17, 15) is 14.4 Å². The molecule has 168 valence electrons. The van der Waals surface area contributed by atoms with Crippen molar-refractivity contribution >= 4 is 17.7 Å². The molecule has 3 aliphatic heterocycles. The number of carbonyl (C=O) groups excluding carboxylic acids is 3. The Bertz CT molecular complexity index is 948. The first-order valence-corrected chi connectivity index (χ1v) is 11.4. The molecular formula is C24H30O7. The zero-order chi connectivity index (χ0) is 22.3. The van der Waals surface area contributed by atoms with Crippen LogP contribution in [0.3, 0.4) is 0 Å². The lowest BCUT2D eigenvalue weighted by Crippen LogP contribution is -2.63. The smallest absolute Gasteiger partial charge is 0.334 e. The van der Waals surface area contributed by atoms with Crippen LogP contribution >= 0.6 is 0 Å². The number of epoxide rings is 2. The van der Waals surface area contributed by atoms with Crippen molar-refractivity contribution in [2.24, 2.45) is 17.3 Å². The highest BCUT2D eigenvalue weighted by atomic mass is 16.7. The van der Waals surface area contributed by atoms with Gasteiger partial charge in [-0.05, 0) is 42.7 Å². The van der Waals surface area contributed by atoms with Crippen LogP contribution in [0.5, 0.6) is 0 Å². The second kappa shape index (κ2) is 6.51. The van der Waals surface area contributed by atoms with E-state index in [2.05, 4.69) is 6.92 Å². The maximum Gasteiger partial charge on any atom is 0.334 e. The minimum atomic E-state index is -0.946. The molecule has 1 saturated carbocycles. The van der Waals surface area contributed by atoms with E-state index in [-0.39, 0.29) is 53.6 Å². The molecule has 7 unspecified atom stereocenters. The standard InChI is InChI=1S/C22H24O7.C2H6/c1-10(6-17(23)26-3)12-7-16-22(29-16)20(2)5-4-11-13(9-27-19(11)25)14(20)8-15-21(22,28-15)18(12)24;1-2/h7,10,14-16H,4-6,8-9H2,1-3H3;1-2H3. The largest absolute Gasteiger partial charge is 0.469 e. The number of carbonyl (C=O) groups is 3. The van der Waals surface area contributed by atoms with E-state index in [1.807, 2.05) is 26.8 Å². The van der Waals surface area contributed by atoms with E-state index in [0.717, 1.165) is 17.6 Å². The third kappa shape index (κ3) is 2.29. The quantitative estimate of drug-likeness (QED) is 0.502. The zero-order valence-electron chi connectivity index (χ0n) is 18.8. The predicted octanol–water partition coefficient (Wildman–Crippen LogP) is 2.67. The van der Waals surface area contributed by atoms with Crippen LogP contribution in [0.2, 0.25) is 0 Å². The van der Waals surface area contributed by atoms with E-state index in [0.29, 0.717) is 25.0 Å². The van der Waals surface area contributed by atoms with Crippen molar-refractivity contribution in [3.8, 4) is 0 Å². The first-order chi connectivity index (χ1) is 14.8. The summed E-state index contributed by atoms with van der Waals surface area (Å²) in [6.07, 6.45) is 3.78. The predicted molar refractivity (Wildman–Crippen MR) is 109 cm³/mol. The molecule has 6 rings (SSSR count). The van der Waals surface area contributed by atoms with Crippen LogP contribution in [0.25, 0.3) is 0 Å². The van der Waals surface area contributed by atoms with Gasteiger partial charge in [-0.2, -0.15) is 0 Å². The number of hydrogen-bond acceptors (Lipinski definition) is 7. The van der Waals surface area contributed by atoms with Gasteiger partial charge >= 0.3 is 11.9 Å². The molecule has 0 aromatic rings. The van der Waals surface area contributed by atoms with Crippen molar-refractivity contribution in [3.63, 3.8) is 0 Å². The van der Waals surface area contributed by atoms with Gasteiger partial charge in [0, 0.05) is 16.6 Å². The molecule has 3 aliphatic carbocycles. The molecular weight excluding hydrogens is 400 g/mol. The number of Topliss-reactive ketones (excluding diaryl/α,β-unsaturated/α-hetero) is 1. The second-order valence-corrected chi connectivity index (χ2v) is 9.53. The summed E-state index contributed by atoms with van der Waals surface area (Å²) < 4.78 is 22.6. The van der Waals surface area contributed by atoms with Crippen molar-refractivity contribution in [2.75, 3.05) is 13.7 Å². The molecule has 3 heterocycles. The normalized spacial score (nSPS) is 44.2. The average Bonchev–Trinajstić information content (AvgIpc) is 3.64. The Kier molecular flexibility index (Phi) is 4.39. The number of fused-ring (bicyclic) bond motifs is 2. The summed E-state index contributed by atoms with van der Waals surface area (Å²) in [6.45, 7) is 8.41. The molecule has 0 N–H and O–H groups in total. The number of esters is 2. The van der Waals surface area contributed by atoms with Crippen LogP contribution < -0.4 is 0 Å². The van der Waals surface area contributed by atoms with Crippen LogP contribution in [-0.2, 0) is 33.3 Å². The van der Waals surface area contributed by atoms with Crippen LogP contribution in [0.1, 0.15) is 53.4 Å². The maximum atomic E-state index is 13.6. The van der Waals surface area contributed by atoms with Crippen molar-refractivity contribution in [1.29, 1.82) is 0 Å². The molecule has 31 heavy (non-hydrogen) atoms. The summed E-state index contributed by atoms with van der Waals surface area (Å²) >= 11 is 0. The van der Waals surface area contributed by atoms with E-state index in [1.54, 1.807) is 0 Å². The first-order valence-electron chi connectivity index (χ1n) is 11.4. The van der Waals surface area contributed by atoms with E-state index in [1.165, 1.54) is 7.11 Å². The minimum absolute atomic E-state index is 0.0362. The minimum Gasteiger partial charge on any atom is -0.469 e. The van der Waals surface area contributed by atoms with Crippen LogP contribution in [0.4, 0.5) is 0 Å². The van der Waals surface area contributed by atoms with Gasteiger partial charge in [-0.15, -0.1) is 0 Å². The Morgan fingerprint density at radius 2 is 2.03 bits per heavy atom. The fraction of sp³-hybridized carbons (Fsp3) is 0.708. The molecule has 3 fully saturated rings. The molecule has 6 aliphatic rings. The van der Waals surface area contributed by atoms with Crippen molar-refractivity contribution in [2.45, 2.75) is 76.8 Å². The summed E-state index contributed by atoms with van der Waals surface area (Å²) in [5.74, 6) is -0.688. The maximum absolute atomic E-state index is 13.6. The van der Waals surface area contributed by atoms with Crippen molar-refractivity contribution < 1.29 is 33.3 Å². The molecule has 7 heteroatoms. The molecule has 2 saturated heterocycles. The third-order valence-electron chi connectivity index (χ3n) is 8.47. The van der Waals surface area contributed by atoms with Crippen LogP contribution in [-0.4, -0.2) is 54.8 Å². The van der Waals surface area contributed by atoms with Gasteiger partial charge in [-0.1, -0.05) is 27.7 Å². The molecule has 7 atom stereocenters. The highest BCUT2D eigenvalue weighted by molar-refractivity contribution is 6.08. The Labute approximate surface area is 182 Å². The lowest BCUT2D eigenvalue weighted by atomic mass is 9.48. The van der Waals surface area contributed by atoms with Gasteiger partial charge in [-0.25, -0.2) is 4.79 Å². The summed E-state index contributed by atoms with van der Waals surface area (Å²) in [7, 11) is 1.35. The summed E-state index contributed by atoms with van der Waals surface area (Å²) in [5.41, 5.74) is 0.605. The van der Waals surface area contributed by atoms with E-state index in [4.69, 9.17) is 18.9 Å². The van der Waals surface area contributed by atoms with Gasteiger partial charge < -0.3 is 18.9 Å². The molecule has 0 aromatic carbocycles. The fourth-order valence-electron chi connectivity index (χ4n) is 6.91. The van der Waals surface area contributed by atoms with Gasteiger partial charge in [0.1, 0.15) is 18.3 Å². The fourth-order valence-corrected chi connectivity index (χ4v) is 6.91. The van der Waals surface area contributed by atoms with E-state index < -0.39 is 11.2 Å². The molecule has 0 radical (unpaired) electrons. The van der Waals surface area contributed by atoms with Gasteiger partial charge in [0.25, 0.3) is 0 Å². The lowest BCUT2D eigenvalue weighted by Gasteiger charge is -2.51. The van der Waals surface area contributed by atoms with Crippen LogP contribution in [0.15, 0.2) is 22.8 Å². The number of rotatable bonds is 3. The van der Waals surface area contributed by atoms with Crippen LogP contribution in [0, 0.1) is 17.3 Å². The van der Waals surface area contributed by atoms with Gasteiger partial charge in [0.2, 0.25) is 0 Å². The Hall–Kier alpha value is -1.99. The number of hydrogen-bond donors (Lipinski definition) is 0. The monoisotopic (exact) mass is 430 g/mol. The topological polar surface area (TPSA) is 94.7 Å². The summed E-state index contributed by atoms with van der Waals surface area (Å²) in [6, 6.07) is 0. The first kappa shape index (κ1) is 20.9. The Morgan fingerprint density at radius 1 is 1.29 bits per heavy atom. The molecule has 7 nitrogen and oxygen atoms in total. The number of methoxy groups -OCH3 is 1. The molecule has 0 bridgehead atoms. The number of cyclic esters (lactones) is 1. The second-order valence-electron chi connectivity index (χ2n) is 9.53. The zero-order valence-corrected chi connectivity index (χ0v) is 18.8. The summed E-state index contributed by atoms with van der Waals surface area (Å²) in [4.78, 5) is 37.5.